The fraction of sp³-hybridized carbons (Fsp3) is 0.538. The molecule has 0 spiro atoms. The third-order valence-electron chi connectivity index (χ3n) is 7.83. The maximum atomic E-state index is 13.2. The maximum absolute atomic E-state index is 13.2. The number of likely N-dealkylation sites (N-methyl/N-ethyl adjacent to an activating group) is 1. The van der Waals surface area contributed by atoms with E-state index in [9.17, 15) is 14.3 Å². The number of aromatic nitrogens is 1. The Bertz CT molecular complexity index is 1020. The quantitative estimate of drug-likeness (QED) is 0.557. The molecule has 2 aliphatic carbocycles. The second-order valence-electron chi connectivity index (χ2n) is 10.1. The van der Waals surface area contributed by atoms with E-state index in [1.54, 1.807) is 41.5 Å². The number of thiazole rings is 1. The first-order chi connectivity index (χ1) is 15.6. The first-order valence-corrected chi connectivity index (χ1v) is 12.5. The number of hydrogen-bond donors (Lipinski definition) is 2. The van der Waals surface area contributed by atoms with E-state index in [0.29, 0.717) is 6.54 Å². The zero-order chi connectivity index (χ0) is 23.9. The molecule has 0 saturated heterocycles. The molecule has 2 aromatic rings. The van der Waals surface area contributed by atoms with Crippen molar-refractivity contribution in [3.8, 4) is 0 Å². The van der Waals surface area contributed by atoms with Crippen molar-refractivity contribution in [1.82, 2.24) is 9.88 Å². The third kappa shape index (κ3) is 4.45. The van der Waals surface area contributed by atoms with E-state index in [0.717, 1.165) is 35.8 Å². The van der Waals surface area contributed by atoms with Gasteiger partial charge in [0, 0.05) is 36.0 Å². The average molecular weight is 472 g/mol. The molecule has 1 amide bonds. The van der Waals surface area contributed by atoms with Crippen molar-refractivity contribution in [1.29, 1.82) is 0 Å². The number of carbonyl (C=O) groups excluding carboxylic acids is 1. The number of amides is 1. The molecule has 0 bridgehead atoms. The van der Waals surface area contributed by atoms with Gasteiger partial charge in [0.2, 0.25) is 5.91 Å². The molecule has 7 heteroatoms. The van der Waals surface area contributed by atoms with Gasteiger partial charge in [-0.15, -0.1) is 17.9 Å². The van der Waals surface area contributed by atoms with Crippen molar-refractivity contribution in [3.63, 3.8) is 0 Å². The second kappa shape index (κ2) is 9.18. The monoisotopic (exact) mass is 471 g/mol. The number of anilines is 2. The van der Waals surface area contributed by atoms with Crippen LogP contribution in [0.3, 0.4) is 0 Å². The Morgan fingerprint density at radius 3 is 2.82 bits per heavy atom. The summed E-state index contributed by atoms with van der Waals surface area (Å²) >= 11 is 1.65. The summed E-state index contributed by atoms with van der Waals surface area (Å²) < 4.78 is 13.2. The minimum absolute atomic E-state index is 0.0300. The molecule has 0 radical (unpaired) electrons. The fourth-order valence-corrected chi connectivity index (χ4v) is 7.36. The van der Waals surface area contributed by atoms with Crippen LogP contribution in [0, 0.1) is 29.0 Å². The number of aliphatic hydroxyl groups is 1. The average Bonchev–Trinajstić information content (AvgIpc) is 3.16. The molecule has 33 heavy (non-hydrogen) atoms. The van der Waals surface area contributed by atoms with Gasteiger partial charge in [0.25, 0.3) is 0 Å². The number of carbonyl (C=O) groups is 1. The lowest BCUT2D eigenvalue weighted by atomic mass is 9.53. The number of nitrogens with zero attached hydrogens (tertiary/aromatic N) is 2. The van der Waals surface area contributed by atoms with E-state index in [1.807, 2.05) is 6.92 Å². The number of benzene rings is 1. The van der Waals surface area contributed by atoms with Crippen molar-refractivity contribution in [2.45, 2.75) is 52.1 Å². The molecule has 1 saturated carbocycles. The summed E-state index contributed by atoms with van der Waals surface area (Å²) in [6, 6.07) is 6.27. The lowest BCUT2D eigenvalue weighted by Crippen LogP contribution is -2.53. The van der Waals surface area contributed by atoms with Gasteiger partial charge in [-0.25, -0.2) is 9.37 Å². The van der Waals surface area contributed by atoms with Crippen molar-refractivity contribution >= 4 is 28.1 Å². The summed E-state index contributed by atoms with van der Waals surface area (Å²) in [5.41, 5.74) is 1.81. The molecular weight excluding hydrogens is 437 g/mol. The summed E-state index contributed by atoms with van der Waals surface area (Å²) in [5.74, 6) is -0.381. The Morgan fingerprint density at radius 1 is 1.45 bits per heavy atom. The second-order valence-corrected chi connectivity index (χ2v) is 11.2. The summed E-state index contributed by atoms with van der Waals surface area (Å²) in [6.07, 6.45) is 3.86. The number of fused-ring (bicyclic) bond motifs is 2. The van der Waals surface area contributed by atoms with E-state index in [2.05, 4.69) is 25.7 Å². The van der Waals surface area contributed by atoms with Crippen LogP contribution in [0.2, 0.25) is 0 Å². The lowest BCUT2D eigenvalue weighted by molar-refractivity contribution is -0.143. The highest BCUT2D eigenvalue weighted by Gasteiger charge is 2.54. The molecule has 178 valence electrons. The Labute approximate surface area is 199 Å². The van der Waals surface area contributed by atoms with Crippen LogP contribution < -0.4 is 5.32 Å². The van der Waals surface area contributed by atoms with Crippen LogP contribution in [-0.4, -0.2) is 40.6 Å². The number of nitrogens with one attached hydrogen (secondary N) is 1. The Kier molecular flexibility index (Phi) is 6.65. The van der Waals surface area contributed by atoms with Gasteiger partial charge < -0.3 is 15.3 Å². The van der Waals surface area contributed by atoms with E-state index in [1.165, 1.54) is 17.0 Å². The molecule has 1 aromatic carbocycles. The van der Waals surface area contributed by atoms with Crippen LogP contribution in [0.25, 0.3) is 0 Å². The van der Waals surface area contributed by atoms with Crippen LogP contribution in [0.1, 0.15) is 50.1 Å². The Morgan fingerprint density at radius 2 is 2.15 bits per heavy atom. The largest absolute Gasteiger partial charge is 0.392 e. The molecule has 0 aliphatic heterocycles. The van der Waals surface area contributed by atoms with Crippen LogP contribution in [0.5, 0.6) is 0 Å². The SMILES string of the molecule is C=CCN(C)C(=O)[C@@H](C)[C@H]1CC[C@]2(C)Cc3sc(Nc4ccc(F)cc4)nc3[C@H](C)[C@@H]2[C@H]1O. The highest BCUT2D eigenvalue weighted by Crippen LogP contribution is 2.57. The number of aliphatic hydroxyl groups excluding tert-OH is 1. The van der Waals surface area contributed by atoms with Crippen LogP contribution in [0.15, 0.2) is 36.9 Å². The lowest BCUT2D eigenvalue weighted by Gasteiger charge is -2.53. The van der Waals surface area contributed by atoms with E-state index >= 15 is 0 Å². The maximum Gasteiger partial charge on any atom is 0.225 e. The normalized spacial score (nSPS) is 29.5. The topological polar surface area (TPSA) is 65.5 Å². The van der Waals surface area contributed by atoms with E-state index in [-0.39, 0.29) is 40.8 Å². The molecule has 2 N–H and O–H groups in total. The highest BCUT2D eigenvalue weighted by molar-refractivity contribution is 7.15. The molecule has 5 nitrogen and oxygen atoms in total. The molecule has 0 unspecified atom stereocenters. The fourth-order valence-electron chi connectivity index (χ4n) is 6.07. The highest BCUT2D eigenvalue weighted by atomic mass is 32.1. The van der Waals surface area contributed by atoms with Gasteiger partial charge in [-0.05, 0) is 60.8 Å². The van der Waals surface area contributed by atoms with Crippen molar-refractivity contribution in [2.75, 3.05) is 18.9 Å². The van der Waals surface area contributed by atoms with Gasteiger partial charge in [-0.2, -0.15) is 0 Å². The zero-order valence-corrected chi connectivity index (χ0v) is 20.7. The smallest absolute Gasteiger partial charge is 0.225 e. The van der Waals surface area contributed by atoms with Crippen LogP contribution >= 0.6 is 11.3 Å². The summed E-state index contributed by atoms with van der Waals surface area (Å²) in [4.78, 5) is 20.7. The van der Waals surface area contributed by atoms with Crippen molar-refractivity contribution in [3.05, 3.63) is 53.3 Å². The van der Waals surface area contributed by atoms with E-state index in [4.69, 9.17) is 4.98 Å². The first kappa shape index (κ1) is 23.9. The summed E-state index contributed by atoms with van der Waals surface area (Å²) in [5, 5.41) is 15.7. The standard InChI is InChI=1S/C26H34FN3O2S/c1-6-13-30(5)24(32)15(2)19-11-12-26(4)14-20-22(16(3)21(26)23(19)31)29-25(33-20)28-18-9-7-17(27)8-10-18/h6-10,15-16,19,21,23,31H,1,11-14H2,2-5H3,(H,28,29)/t15-,16+,19+,21+,23-,26+/m0/s1. The van der Waals surface area contributed by atoms with E-state index < -0.39 is 6.10 Å². The van der Waals surface area contributed by atoms with Gasteiger partial charge in [0.05, 0.1) is 11.8 Å². The van der Waals surface area contributed by atoms with Gasteiger partial charge in [0.1, 0.15) is 5.82 Å². The minimum Gasteiger partial charge on any atom is -0.392 e. The predicted molar refractivity (Wildman–Crippen MR) is 131 cm³/mol. The summed E-state index contributed by atoms with van der Waals surface area (Å²) in [7, 11) is 1.79. The van der Waals surface area contributed by atoms with Crippen LogP contribution in [-0.2, 0) is 11.2 Å². The van der Waals surface area contributed by atoms with Crippen molar-refractivity contribution < 1.29 is 14.3 Å². The third-order valence-corrected chi connectivity index (χ3v) is 8.82. The number of rotatable bonds is 6. The minimum atomic E-state index is -0.557. The van der Waals surface area contributed by atoms with Crippen molar-refractivity contribution in [2.24, 2.45) is 23.2 Å². The predicted octanol–water partition coefficient (Wildman–Crippen LogP) is 5.36. The molecule has 1 aromatic heterocycles. The molecule has 1 heterocycles. The van der Waals surface area contributed by atoms with Gasteiger partial charge in [-0.1, -0.05) is 26.8 Å². The van der Waals surface area contributed by atoms with Gasteiger partial charge in [-0.3, -0.25) is 4.79 Å². The summed E-state index contributed by atoms with van der Waals surface area (Å²) in [6.45, 7) is 10.6. The van der Waals surface area contributed by atoms with Gasteiger partial charge in [0.15, 0.2) is 5.13 Å². The molecule has 1 fully saturated rings. The molecule has 6 atom stereocenters. The molecule has 4 rings (SSSR count). The Hall–Kier alpha value is -2.25. The number of hydrogen-bond acceptors (Lipinski definition) is 5. The molecular formula is C26H34FN3O2S. The number of halogens is 1. The zero-order valence-electron chi connectivity index (χ0n) is 19.8. The molecule has 2 aliphatic rings. The van der Waals surface area contributed by atoms with Crippen LogP contribution in [0.4, 0.5) is 15.2 Å². The van der Waals surface area contributed by atoms with Gasteiger partial charge >= 0.3 is 0 Å². The Balaban J connectivity index is 1.56. The first-order valence-electron chi connectivity index (χ1n) is 11.7.